The summed E-state index contributed by atoms with van der Waals surface area (Å²) >= 11 is 0. The van der Waals surface area contributed by atoms with Gasteiger partial charge in [-0.2, -0.15) is 0 Å². The largest absolute Gasteiger partial charge is 0.465 e. The van der Waals surface area contributed by atoms with Crippen LogP contribution in [0.4, 0.5) is 0 Å². The second-order valence-electron chi connectivity index (χ2n) is 5.33. The summed E-state index contributed by atoms with van der Waals surface area (Å²) < 4.78 is 5.01. The standard InChI is InChI=1S/C18H14N2O2/c1-22-18(21)15-12-6-2-3-7-14(12)20-17-13(15)9-8-11-5-4-10-19-16(11)17/h2-7,10H,8-9H2,1H3. The van der Waals surface area contributed by atoms with Gasteiger partial charge in [0.25, 0.3) is 0 Å². The minimum atomic E-state index is -0.311. The summed E-state index contributed by atoms with van der Waals surface area (Å²) in [7, 11) is 1.42. The molecule has 0 unspecified atom stereocenters. The molecule has 4 heteroatoms. The number of methoxy groups -OCH3 is 1. The molecule has 2 heterocycles. The van der Waals surface area contributed by atoms with Crippen LogP contribution in [0.2, 0.25) is 0 Å². The average molecular weight is 290 g/mol. The van der Waals surface area contributed by atoms with Gasteiger partial charge in [-0.1, -0.05) is 24.3 Å². The first-order valence-corrected chi connectivity index (χ1v) is 7.24. The Morgan fingerprint density at radius 1 is 1.09 bits per heavy atom. The van der Waals surface area contributed by atoms with E-state index in [2.05, 4.69) is 11.1 Å². The highest BCUT2D eigenvalue weighted by Crippen LogP contribution is 2.35. The van der Waals surface area contributed by atoms with E-state index >= 15 is 0 Å². The molecular formula is C18H14N2O2. The topological polar surface area (TPSA) is 52.1 Å². The molecule has 22 heavy (non-hydrogen) atoms. The van der Waals surface area contributed by atoms with Crippen LogP contribution in [0.25, 0.3) is 22.3 Å². The van der Waals surface area contributed by atoms with Crippen LogP contribution in [0.3, 0.4) is 0 Å². The van der Waals surface area contributed by atoms with Gasteiger partial charge >= 0.3 is 5.97 Å². The lowest BCUT2D eigenvalue weighted by Gasteiger charge is -2.21. The summed E-state index contributed by atoms with van der Waals surface area (Å²) in [5, 5.41) is 0.840. The number of aromatic nitrogens is 2. The van der Waals surface area contributed by atoms with Crippen LogP contribution in [0.1, 0.15) is 21.5 Å². The van der Waals surface area contributed by atoms with Gasteiger partial charge in [0.15, 0.2) is 0 Å². The third-order valence-corrected chi connectivity index (χ3v) is 4.14. The highest BCUT2D eigenvalue weighted by molar-refractivity contribution is 6.06. The van der Waals surface area contributed by atoms with Crippen molar-refractivity contribution in [2.24, 2.45) is 0 Å². The number of benzene rings is 1. The molecule has 0 saturated heterocycles. The van der Waals surface area contributed by atoms with Crippen molar-refractivity contribution < 1.29 is 9.53 Å². The van der Waals surface area contributed by atoms with E-state index in [9.17, 15) is 4.79 Å². The number of hydrogen-bond acceptors (Lipinski definition) is 4. The summed E-state index contributed by atoms with van der Waals surface area (Å²) in [5.41, 5.74) is 5.21. The molecular weight excluding hydrogens is 276 g/mol. The zero-order valence-electron chi connectivity index (χ0n) is 12.2. The number of fused-ring (bicyclic) bond motifs is 4. The highest BCUT2D eigenvalue weighted by Gasteiger charge is 2.26. The fourth-order valence-corrected chi connectivity index (χ4v) is 3.14. The van der Waals surface area contributed by atoms with Gasteiger partial charge in [0.1, 0.15) is 0 Å². The number of ether oxygens (including phenoxy) is 1. The Labute approximate surface area is 127 Å². The van der Waals surface area contributed by atoms with Crippen LogP contribution >= 0.6 is 0 Å². The number of para-hydroxylation sites is 1. The number of pyridine rings is 2. The second-order valence-corrected chi connectivity index (χ2v) is 5.33. The first kappa shape index (κ1) is 13.0. The van der Waals surface area contributed by atoms with Gasteiger partial charge in [0, 0.05) is 11.6 Å². The van der Waals surface area contributed by atoms with Crippen molar-refractivity contribution in [3.63, 3.8) is 0 Å². The SMILES string of the molecule is COC(=O)c1c2c(nc3ccccc13)-c1ncccc1CC2. The van der Waals surface area contributed by atoms with E-state index in [1.54, 1.807) is 6.20 Å². The Kier molecular flexibility index (Phi) is 2.89. The smallest absolute Gasteiger partial charge is 0.338 e. The second kappa shape index (κ2) is 4.91. The zero-order valence-corrected chi connectivity index (χ0v) is 12.2. The summed E-state index contributed by atoms with van der Waals surface area (Å²) in [6, 6.07) is 11.7. The van der Waals surface area contributed by atoms with E-state index in [4.69, 9.17) is 9.72 Å². The lowest BCUT2D eigenvalue weighted by atomic mass is 9.88. The molecule has 0 fully saturated rings. The highest BCUT2D eigenvalue weighted by atomic mass is 16.5. The fraction of sp³-hybridized carbons (Fsp3) is 0.167. The molecule has 2 aromatic heterocycles. The molecule has 0 bridgehead atoms. The summed E-state index contributed by atoms with van der Waals surface area (Å²) in [4.78, 5) is 21.6. The Hall–Kier alpha value is -2.75. The number of hydrogen-bond donors (Lipinski definition) is 0. The van der Waals surface area contributed by atoms with Crippen LogP contribution in [0.5, 0.6) is 0 Å². The monoisotopic (exact) mass is 290 g/mol. The van der Waals surface area contributed by atoms with Crippen LogP contribution in [-0.4, -0.2) is 23.0 Å². The molecule has 0 amide bonds. The number of nitrogens with zero attached hydrogens (tertiary/aromatic N) is 2. The third-order valence-electron chi connectivity index (χ3n) is 4.14. The number of carbonyl (C=O) groups excluding carboxylic acids is 1. The Morgan fingerprint density at radius 2 is 1.95 bits per heavy atom. The molecule has 0 N–H and O–H groups in total. The maximum absolute atomic E-state index is 12.3. The van der Waals surface area contributed by atoms with E-state index in [1.807, 2.05) is 30.3 Å². The van der Waals surface area contributed by atoms with Gasteiger partial charge in [-0.15, -0.1) is 0 Å². The zero-order chi connectivity index (χ0) is 15.1. The molecule has 0 spiro atoms. The van der Waals surface area contributed by atoms with Gasteiger partial charge in [0.2, 0.25) is 0 Å². The number of esters is 1. The maximum Gasteiger partial charge on any atom is 0.338 e. The van der Waals surface area contributed by atoms with E-state index in [1.165, 1.54) is 12.7 Å². The average Bonchev–Trinajstić information content (AvgIpc) is 2.59. The fourth-order valence-electron chi connectivity index (χ4n) is 3.14. The Morgan fingerprint density at radius 3 is 2.82 bits per heavy atom. The number of carbonyl (C=O) groups is 1. The molecule has 0 saturated carbocycles. The van der Waals surface area contributed by atoms with Crippen molar-refractivity contribution in [2.75, 3.05) is 7.11 Å². The van der Waals surface area contributed by atoms with Gasteiger partial charge in [-0.3, -0.25) is 4.98 Å². The molecule has 0 aliphatic heterocycles. The predicted octanol–water partition coefficient (Wildman–Crippen LogP) is 3.18. The third kappa shape index (κ3) is 1.80. The summed E-state index contributed by atoms with van der Waals surface area (Å²) in [5.74, 6) is -0.311. The van der Waals surface area contributed by atoms with Gasteiger partial charge < -0.3 is 4.74 Å². The van der Waals surface area contributed by atoms with E-state index in [-0.39, 0.29) is 5.97 Å². The summed E-state index contributed by atoms with van der Waals surface area (Å²) in [6.45, 7) is 0. The number of rotatable bonds is 1. The Balaban J connectivity index is 2.12. The van der Waals surface area contributed by atoms with Crippen molar-refractivity contribution in [2.45, 2.75) is 12.8 Å². The molecule has 1 aromatic carbocycles. The Bertz CT molecular complexity index is 903. The lowest BCUT2D eigenvalue weighted by Crippen LogP contribution is -2.15. The predicted molar refractivity (Wildman–Crippen MR) is 83.7 cm³/mol. The van der Waals surface area contributed by atoms with Crippen molar-refractivity contribution in [3.8, 4) is 11.4 Å². The molecule has 4 rings (SSSR count). The molecule has 4 nitrogen and oxygen atoms in total. The van der Waals surface area contributed by atoms with E-state index in [0.29, 0.717) is 5.56 Å². The van der Waals surface area contributed by atoms with Crippen LogP contribution in [0.15, 0.2) is 42.6 Å². The molecule has 0 atom stereocenters. The lowest BCUT2D eigenvalue weighted by molar-refractivity contribution is 0.0601. The van der Waals surface area contributed by atoms with Crippen molar-refractivity contribution >= 4 is 16.9 Å². The first-order valence-electron chi connectivity index (χ1n) is 7.24. The van der Waals surface area contributed by atoms with Gasteiger partial charge in [-0.25, -0.2) is 9.78 Å². The van der Waals surface area contributed by atoms with E-state index in [0.717, 1.165) is 40.7 Å². The van der Waals surface area contributed by atoms with Crippen molar-refractivity contribution in [1.29, 1.82) is 0 Å². The quantitative estimate of drug-likeness (QED) is 0.646. The van der Waals surface area contributed by atoms with Gasteiger partial charge in [-0.05, 0) is 36.1 Å². The van der Waals surface area contributed by atoms with Crippen LogP contribution in [0, 0.1) is 0 Å². The molecule has 3 aromatic rings. The number of aryl methyl sites for hydroxylation is 1. The molecule has 1 aliphatic rings. The minimum Gasteiger partial charge on any atom is -0.465 e. The maximum atomic E-state index is 12.3. The van der Waals surface area contributed by atoms with Gasteiger partial charge in [0.05, 0.1) is 29.6 Å². The van der Waals surface area contributed by atoms with E-state index < -0.39 is 0 Å². The minimum absolute atomic E-state index is 0.311. The van der Waals surface area contributed by atoms with Crippen molar-refractivity contribution in [1.82, 2.24) is 9.97 Å². The van der Waals surface area contributed by atoms with Crippen molar-refractivity contribution in [3.05, 3.63) is 59.3 Å². The summed E-state index contributed by atoms with van der Waals surface area (Å²) in [6.07, 6.45) is 3.40. The first-order chi connectivity index (χ1) is 10.8. The van der Waals surface area contributed by atoms with Crippen LogP contribution in [-0.2, 0) is 17.6 Å². The molecule has 0 radical (unpaired) electrons. The molecule has 1 aliphatic carbocycles. The molecule has 108 valence electrons. The normalized spacial score (nSPS) is 12.6. The van der Waals surface area contributed by atoms with Crippen LogP contribution < -0.4 is 0 Å².